The minimum absolute atomic E-state index is 0.389. The van der Waals surface area contributed by atoms with Gasteiger partial charge in [0.2, 0.25) is 0 Å². The smallest absolute Gasteiger partial charge is 0.0763 e. The molecule has 0 bridgehead atoms. The first kappa shape index (κ1) is 17.0. The molecule has 26 heavy (non-hydrogen) atoms. The number of benzene rings is 2. The molecule has 2 heteroatoms. The Bertz CT molecular complexity index is 899. The molecule has 2 nitrogen and oxygen atoms in total. The van der Waals surface area contributed by atoms with Gasteiger partial charge in [0.1, 0.15) is 0 Å². The Labute approximate surface area is 156 Å². The van der Waals surface area contributed by atoms with Crippen LogP contribution in [0.2, 0.25) is 0 Å². The van der Waals surface area contributed by atoms with Crippen molar-refractivity contribution in [1.29, 1.82) is 0 Å². The lowest BCUT2D eigenvalue weighted by Crippen LogP contribution is -2.27. The van der Waals surface area contributed by atoms with Crippen LogP contribution in [0.25, 0.3) is 5.57 Å². The van der Waals surface area contributed by atoms with Crippen LogP contribution in [0.1, 0.15) is 61.8 Å². The summed E-state index contributed by atoms with van der Waals surface area (Å²) in [4.78, 5) is 0. The number of nitrogens with zero attached hydrogens (tertiary/aromatic N) is 2. The van der Waals surface area contributed by atoms with Gasteiger partial charge >= 0.3 is 0 Å². The highest BCUT2D eigenvalue weighted by molar-refractivity contribution is 6.20. The van der Waals surface area contributed by atoms with Crippen molar-refractivity contribution in [3.05, 3.63) is 77.4 Å². The fourth-order valence-corrected chi connectivity index (χ4v) is 4.30. The lowest BCUT2D eigenvalue weighted by atomic mass is 9.66. The van der Waals surface area contributed by atoms with E-state index < -0.39 is 0 Å². The second kappa shape index (κ2) is 6.68. The zero-order valence-electron chi connectivity index (χ0n) is 15.8. The average Bonchev–Trinajstić information content (AvgIpc) is 3.18. The van der Waals surface area contributed by atoms with E-state index in [1.165, 1.54) is 35.1 Å². The molecule has 2 aromatic carbocycles. The molecule has 0 amide bonds. The van der Waals surface area contributed by atoms with Gasteiger partial charge in [-0.15, -0.1) is 0 Å². The fraction of sp³-hybridized carbons (Fsp3) is 0.333. The van der Waals surface area contributed by atoms with Gasteiger partial charge < -0.3 is 0 Å². The third-order valence-electron chi connectivity index (χ3n) is 6.21. The summed E-state index contributed by atoms with van der Waals surface area (Å²) in [6, 6.07) is 17.1. The first-order valence-electron chi connectivity index (χ1n) is 9.64. The second-order valence-electron chi connectivity index (χ2n) is 7.67. The zero-order valence-corrected chi connectivity index (χ0v) is 15.8. The van der Waals surface area contributed by atoms with E-state index >= 15 is 0 Å². The summed E-state index contributed by atoms with van der Waals surface area (Å²) < 4.78 is 0. The van der Waals surface area contributed by atoms with Crippen LogP contribution in [0.15, 0.2) is 65.3 Å². The minimum Gasteiger partial charge on any atom is -0.154 e. The Morgan fingerprint density at radius 3 is 2.27 bits per heavy atom. The van der Waals surface area contributed by atoms with Crippen molar-refractivity contribution in [2.75, 3.05) is 0 Å². The maximum atomic E-state index is 4.47. The maximum absolute atomic E-state index is 4.47. The molecule has 2 aromatic rings. The van der Waals surface area contributed by atoms with E-state index in [-0.39, 0.29) is 0 Å². The van der Waals surface area contributed by atoms with Crippen molar-refractivity contribution >= 4 is 17.0 Å². The zero-order chi connectivity index (χ0) is 18.1. The molecule has 4 rings (SSSR count). The molecule has 1 aliphatic carbocycles. The van der Waals surface area contributed by atoms with Crippen LogP contribution in [0.4, 0.5) is 0 Å². The van der Waals surface area contributed by atoms with Gasteiger partial charge in [0.25, 0.3) is 0 Å². The molecule has 0 spiro atoms. The summed E-state index contributed by atoms with van der Waals surface area (Å²) in [7, 11) is 0. The second-order valence-corrected chi connectivity index (χ2v) is 7.67. The van der Waals surface area contributed by atoms with Gasteiger partial charge in [0.15, 0.2) is 0 Å². The molecule has 1 heterocycles. The van der Waals surface area contributed by atoms with Crippen molar-refractivity contribution in [1.82, 2.24) is 0 Å². The summed E-state index contributed by atoms with van der Waals surface area (Å²) in [6.45, 7) is 9.03. The SMILES string of the molecule is C=C1CC(CC)(CC)Cc2ccc(C3=NN=C(c4ccccc4)C3)cc21. The Balaban J connectivity index is 1.58. The third kappa shape index (κ3) is 2.94. The molecule has 2 aliphatic rings. The molecule has 0 saturated heterocycles. The molecule has 0 radical (unpaired) electrons. The molecule has 132 valence electrons. The highest BCUT2D eigenvalue weighted by Gasteiger charge is 2.33. The predicted octanol–water partition coefficient (Wildman–Crippen LogP) is 6.05. The van der Waals surface area contributed by atoms with Crippen LogP contribution < -0.4 is 0 Å². The fourth-order valence-electron chi connectivity index (χ4n) is 4.30. The molecule has 0 unspecified atom stereocenters. The van der Waals surface area contributed by atoms with E-state index in [4.69, 9.17) is 0 Å². The summed E-state index contributed by atoms with van der Waals surface area (Å²) in [6.07, 6.45) is 5.49. The number of hydrogen-bond acceptors (Lipinski definition) is 2. The van der Waals surface area contributed by atoms with E-state index in [2.05, 4.69) is 61.0 Å². The molecular weight excluding hydrogens is 316 g/mol. The first-order chi connectivity index (χ1) is 12.6. The summed E-state index contributed by atoms with van der Waals surface area (Å²) in [5, 5.41) is 8.90. The van der Waals surface area contributed by atoms with Gasteiger partial charge in [-0.05, 0) is 65.0 Å². The number of allylic oxidation sites excluding steroid dienone is 1. The van der Waals surface area contributed by atoms with Crippen LogP contribution in [-0.4, -0.2) is 11.4 Å². The van der Waals surface area contributed by atoms with Crippen molar-refractivity contribution in [3.63, 3.8) is 0 Å². The molecule has 0 saturated carbocycles. The van der Waals surface area contributed by atoms with Crippen molar-refractivity contribution in [2.24, 2.45) is 15.6 Å². The summed E-state index contributed by atoms with van der Waals surface area (Å²) in [5.74, 6) is 0. The van der Waals surface area contributed by atoms with E-state index in [0.29, 0.717) is 5.41 Å². The molecule has 0 atom stereocenters. The first-order valence-corrected chi connectivity index (χ1v) is 9.64. The van der Waals surface area contributed by atoms with Crippen molar-refractivity contribution in [2.45, 2.75) is 46.0 Å². The van der Waals surface area contributed by atoms with Crippen LogP contribution >= 0.6 is 0 Å². The molecule has 0 fully saturated rings. The molecule has 0 N–H and O–H groups in total. The predicted molar refractivity (Wildman–Crippen MR) is 111 cm³/mol. The standard InChI is InChI=1S/C24H26N2/c1-4-24(5-2)15-17(3)21-13-19(11-12-20(21)16-24)23-14-22(25-26-23)18-9-7-6-8-10-18/h6-13H,3-5,14-16H2,1-2H3. The van der Waals surface area contributed by atoms with Crippen LogP contribution in [-0.2, 0) is 6.42 Å². The highest BCUT2D eigenvalue weighted by Crippen LogP contribution is 2.45. The van der Waals surface area contributed by atoms with Gasteiger partial charge in [-0.3, -0.25) is 0 Å². The highest BCUT2D eigenvalue weighted by atomic mass is 15.2. The lowest BCUT2D eigenvalue weighted by Gasteiger charge is -2.38. The average molecular weight is 342 g/mol. The van der Waals surface area contributed by atoms with E-state index in [9.17, 15) is 0 Å². The lowest BCUT2D eigenvalue weighted by molar-refractivity contribution is 0.261. The topological polar surface area (TPSA) is 24.7 Å². The van der Waals surface area contributed by atoms with E-state index in [0.717, 1.165) is 36.2 Å². The normalized spacial score (nSPS) is 18.3. The molecule has 1 aliphatic heterocycles. The molecule has 0 aromatic heterocycles. The van der Waals surface area contributed by atoms with Gasteiger partial charge in [-0.25, -0.2) is 0 Å². The van der Waals surface area contributed by atoms with E-state index in [1.54, 1.807) is 0 Å². The number of rotatable bonds is 4. The van der Waals surface area contributed by atoms with Crippen LogP contribution in [0.5, 0.6) is 0 Å². The van der Waals surface area contributed by atoms with Crippen LogP contribution in [0.3, 0.4) is 0 Å². The quantitative estimate of drug-likeness (QED) is 0.646. The van der Waals surface area contributed by atoms with Crippen molar-refractivity contribution < 1.29 is 0 Å². The molecular formula is C24H26N2. The number of hydrogen-bond donors (Lipinski definition) is 0. The number of fused-ring (bicyclic) bond motifs is 1. The third-order valence-corrected chi connectivity index (χ3v) is 6.21. The van der Waals surface area contributed by atoms with Gasteiger partial charge in [-0.1, -0.05) is 62.9 Å². The Hall–Kier alpha value is -2.48. The van der Waals surface area contributed by atoms with Gasteiger partial charge in [0, 0.05) is 6.42 Å². The van der Waals surface area contributed by atoms with Gasteiger partial charge in [-0.2, -0.15) is 10.2 Å². The largest absolute Gasteiger partial charge is 0.154 e. The summed E-state index contributed by atoms with van der Waals surface area (Å²) >= 11 is 0. The Morgan fingerprint density at radius 2 is 1.58 bits per heavy atom. The Kier molecular flexibility index (Phi) is 4.36. The van der Waals surface area contributed by atoms with Crippen molar-refractivity contribution in [3.8, 4) is 0 Å². The van der Waals surface area contributed by atoms with Gasteiger partial charge in [0.05, 0.1) is 11.4 Å². The monoisotopic (exact) mass is 342 g/mol. The Morgan fingerprint density at radius 1 is 0.885 bits per heavy atom. The van der Waals surface area contributed by atoms with E-state index in [1.807, 2.05) is 18.2 Å². The maximum Gasteiger partial charge on any atom is 0.0763 e. The minimum atomic E-state index is 0.389. The van der Waals surface area contributed by atoms with Crippen LogP contribution in [0, 0.1) is 5.41 Å². The summed E-state index contributed by atoms with van der Waals surface area (Å²) in [5.41, 5.74) is 8.88.